The highest BCUT2D eigenvalue weighted by Gasteiger charge is 2.34. The molecule has 0 bridgehead atoms. The second-order valence-corrected chi connectivity index (χ2v) is 10.5. The van der Waals surface area contributed by atoms with Crippen LogP contribution in [-0.4, -0.2) is 12.1 Å². The van der Waals surface area contributed by atoms with Crippen molar-refractivity contribution in [2.24, 2.45) is 17.8 Å². The molecule has 3 atom stereocenters. The van der Waals surface area contributed by atoms with E-state index in [4.69, 9.17) is 4.74 Å². The van der Waals surface area contributed by atoms with E-state index >= 15 is 0 Å². The van der Waals surface area contributed by atoms with E-state index in [0.717, 1.165) is 40.3 Å². The number of esters is 1. The fraction of sp³-hybridized carbons (Fsp3) is 0.344. The van der Waals surface area contributed by atoms with Crippen LogP contribution in [0.25, 0.3) is 32.7 Å². The molecule has 0 radical (unpaired) electrons. The molecule has 0 saturated heterocycles. The minimum absolute atomic E-state index is 0.0201. The number of benzene rings is 4. The molecule has 2 nitrogen and oxygen atoms in total. The van der Waals surface area contributed by atoms with Crippen molar-refractivity contribution >= 4 is 27.5 Å². The second-order valence-electron chi connectivity index (χ2n) is 10.5. The Labute approximate surface area is 203 Å². The first-order chi connectivity index (χ1) is 16.4. The van der Waals surface area contributed by atoms with Crippen molar-refractivity contribution in [3.05, 3.63) is 83.9 Å². The molecule has 174 valence electrons. The summed E-state index contributed by atoms with van der Waals surface area (Å²) in [4.78, 5) is 13.8. The standard InChI is InChI=1S/C32H34O2/c1-20(2)27-14-13-21(3)15-31(27)34-32(33)30-19-26-12-8-7-11-25(26)18-29(30)28-17-24-10-6-5-9-23(24)16-22(28)4/h5-12,16-21,27,31H,13-15H2,1-4H3/t21-,27+,31-/m0/s1. The van der Waals surface area contributed by atoms with Crippen LogP contribution in [0, 0.1) is 24.7 Å². The Morgan fingerprint density at radius 2 is 1.38 bits per heavy atom. The molecule has 0 unspecified atom stereocenters. The van der Waals surface area contributed by atoms with E-state index in [9.17, 15) is 4.79 Å². The molecule has 5 rings (SSSR count). The Morgan fingerprint density at radius 3 is 2.00 bits per heavy atom. The van der Waals surface area contributed by atoms with Gasteiger partial charge in [-0.2, -0.15) is 0 Å². The monoisotopic (exact) mass is 450 g/mol. The van der Waals surface area contributed by atoms with Gasteiger partial charge in [0.1, 0.15) is 6.10 Å². The predicted octanol–water partition coefficient (Wildman–Crippen LogP) is 8.59. The van der Waals surface area contributed by atoms with Crippen LogP contribution in [0.15, 0.2) is 72.8 Å². The zero-order valence-electron chi connectivity index (χ0n) is 20.7. The van der Waals surface area contributed by atoms with Crippen molar-refractivity contribution in [2.45, 2.75) is 53.1 Å². The van der Waals surface area contributed by atoms with Crippen LogP contribution in [0.3, 0.4) is 0 Å². The maximum atomic E-state index is 13.8. The molecule has 2 heteroatoms. The summed E-state index contributed by atoms with van der Waals surface area (Å²) in [7, 11) is 0. The van der Waals surface area contributed by atoms with Crippen LogP contribution in [-0.2, 0) is 4.74 Å². The molecule has 0 amide bonds. The number of fused-ring (bicyclic) bond motifs is 2. The number of hydrogen-bond acceptors (Lipinski definition) is 2. The molecule has 0 aromatic heterocycles. The van der Waals surface area contributed by atoms with Gasteiger partial charge in [-0.3, -0.25) is 0 Å². The van der Waals surface area contributed by atoms with E-state index in [2.05, 4.69) is 82.3 Å². The summed E-state index contributed by atoms with van der Waals surface area (Å²) in [5.41, 5.74) is 3.87. The van der Waals surface area contributed by atoms with Crippen molar-refractivity contribution in [1.29, 1.82) is 0 Å². The van der Waals surface area contributed by atoms with Gasteiger partial charge in [0.25, 0.3) is 0 Å². The molecule has 0 heterocycles. The predicted molar refractivity (Wildman–Crippen MR) is 142 cm³/mol. The van der Waals surface area contributed by atoms with Crippen LogP contribution < -0.4 is 0 Å². The molecule has 4 aromatic rings. The third-order valence-corrected chi connectivity index (χ3v) is 7.71. The first-order valence-electron chi connectivity index (χ1n) is 12.6. The summed E-state index contributed by atoms with van der Waals surface area (Å²) in [6, 6.07) is 25.3. The van der Waals surface area contributed by atoms with E-state index in [1.807, 2.05) is 18.2 Å². The van der Waals surface area contributed by atoms with E-state index in [1.54, 1.807) is 0 Å². The number of carbonyl (C=O) groups is 1. The Kier molecular flexibility index (Phi) is 6.16. The smallest absolute Gasteiger partial charge is 0.339 e. The molecule has 1 aliphatic rings. The highest BCUT2D eigenvalue weighted by atomic mass is 16.5. The summed E-state index contributed by atoms with van der Waals surface area (Å²) in [5, 5.41) is 4.59. The van der Waals surface area contributed by atoms with Gasteiger partial charge in [0.15, 0.2) is 0 Å². The number of ether oxygens (including phenoxy) is 1. The molecular weight excluding hydrogens is 416 g/mol. The first kappa shape index (κ1) is 22.7. The van der Waals surface area contributed by atoms with Gasteiger partial charge in [-0.1, -0.05) is 81.8 Å². The topological polar surface area (TPSA) is 26.3 Å². The first-order valence-corrected chi connectivity index (χ1v) is 12.6. The van der Waals surface area contributed by atoms with Crippen LogP contribution in [0.5, 0.6) is 0 Å². The Bertz CT molecular complexity index is 1350. The van der Waals surface area contributed by atoms with E-state index in [0.29, 0.717) is 23.3 Å². The van der Waals surface area contributed by atoms with E-state index < -0.39 is 0 Å². The Balaban J connectivity index is 1.61. The maximum Gasteiger partial charge on any atom is 0.339 e. The second kappa shape index (κ2) is 9.25. The van der Waals surface area contributed by atoms with Gasteiger partial charge in [0.05, 0.1) is 5.56 Å². The van der Waals surface area contributed by atoms with Gasteiger partial charge in [-0.15, -0.1) is 0 Å². The lowest BCUT2D eigenvalue weighted by atomic mass is 9.75. The maximum absolute atomic E-state index is 13.8. The molecule has 0 N–H and O–H groups in total. The average molecular weight is 451 g/mol. The van der Waals surface area contributed by atoms with Crippen molar-refractivity contribution in [3.63, 3.8) is 0 Å². The van der Waals surface area contributed by atoms with Gasteiger partial charge < -0.3 is 4.74 Å². The lowest BCUT2D eigenvalue weighted by Crippen LogP contribution is -2.36. The van der Waals surface area contributed by atoms with Crippen molar-refractivity contribution in [2.75, 3.05) is 0 Å². The third-order valence-electron chi connectivity index (χ3n) is 7.71. The molecule has 4 aromatic carbocycles. The summed E-state index contributed by atoms with van der Waals surface area (Å²) in [6.07, 6.45) is 3.28. The third kappa shape index (κ3) is 4.34. The molecule has 1 saturated carbocycles. The fourth-order valence-corrected chi connectivity index (χ4v) is 5.73. The van der Waals surface area contributed by atoms with Gasteiger partial charge in [0, 0.05) is 0 Å². The van der Waals surface area contributed by atoms with Crippen LogP contribution >= 0.6 is 0 Å². The summed E-state index contributed by atoms with van der Waals surface area (Å²) >= 11 is 0. The minimum atomic E-state index is -0.196. The number of aryl methyl sites for hydroxylation is 1. The molecule has 0 spiro atoms. The number of carbonyl (C=O) groups excluding carboxylic acids is 1. The lowest BCUT2D eigenvalue weighted by Gasteiger charge is -2.36. The Hall–Kier alpha value is -3.13. The van der Waals surface area contributed by atoms with Crippen LogP contribution in [0.4, 0.5) is 0 Å². The average Bonchev–Trinajstić information content (AvgIpc) is 2.82. The molecular formula is C32H34O2. The fourth-order valence-electron chi connectivity index (χ4n) is 5.73. The van der Waals surface area contributed by atoms with E-state index in [-0.39, 0.29) is 12.1 Å². The molecule has 1 fully saturated rings. The summed E-state index contributed by atoms with van der Waals surface area (Å²) < 4.78 is 6.32. The Morgan fingerprint density at radius 1 is 0.824 bits per heavy atom. The van der Waals surface area contributed by atoms with Crippen molar-refractivity contribution in [1.82, 2.24) is 0 Å². The minimum Gasteiger partial charge on any atom is -0.458 e. The largest absolute Gasteiger partial charge is 0.458 e. The quantitative estimate of drug-likeness (QED) is 0.291. The number of hydrogen-bond donors (Lipinski definition) is 0. The van der Waals surface area contributed by atoms with Crippen LogP contribution in [0.2, 0.25) is 0 Å². The lowest BCUT2D eigenvalue weighted by molar-refractivity contribution is -0.0173. The van der Waals surface area contributed by atoms with Crippen molar-refractivity contribution in [3.8, 4) is 11.1 Å². The molecule has 1 aliphatic carbocycles. The van der Waals surface area contributed by atoms with Gasteiger partial charge >= 0.3 is 5.97 Å². The highest BCUT2D eigenvalue weighted by Crippen LogP contribution is 2.38. The SMILES string of the molecule is Cc1cc2ccccc2cc1-c1cc2ccccc2cc1C(=O)O[C@H]1C[C@@H](C)CC[C@@H]1C(C)C. The highest BCUT2D eigenvalue weighted by molar-refractivity contribution is 6.04. The zero-order chi connectivity index (χ0) is 23.8. The molecule has 34 heavy (non-hydrogen) atoms. The normalized spacial score (nSPS) is 20.7. The van der Waals surface area contributed by atoms with Gasteiger partial charge in [-0.05, 0) is 94.0 Å². The van der Waals surface area contributed by atoms with Crippen molar-refractivity contribution < 1.29 is 9.53 Å². The summed E-state index contributed by atoms with van der Waals surface area (Å²) in [6.45, 7) is 8.91. The van der Waals surface area contributed by atoms with Gasteiger partial charge in [0.2, 0.25) is 0 Å². The van der Waals surface area contributed by atoms with Gasteiger partial charge in [-0.25, -0.2) is 4.79 Å². The zero-order valence-corrected chi connectivity index (χ0v) is 20.7. The van der Waals surface area contributed by atoms with Crippen LogP contribution in [0.1, 0.15) is 56.0 Å². The summed E-state index contributed by atoms with van der Waals surface area (Å²) in [5.74, 6) is 1.32. The number of rotatable bonds is 4. The van der Waals surface area contributed by atoms with E-state index in [1.165, 1.54) is 17.2 Å². The molecule has 0 aliphatic heterocycles.